The largest absolute Gasteiger partial charge is 0.451 e. The van der Waals surface area contributed by atoms with E-state index in [1.807, 2.05) is 13.8 Å². The predicted molar refractivity (Wildman–Crippen MR) is 89.9 cm³/mol. The first kappa shape index (κ1) is 19.2. The van der Waals surface area contributed by atoms with Gasteiger partial charge in [0.2, 0.25) is 0 Å². The number of esters is 1. The average molecular weight is 385 g/mol. The standard InChI is InChI=1S/C16H21BrN2O4/c1-10(2)8-18-15(21)11(3)23-14(20)9-19-16(22)12-4-6-13(17)7-5-12/h4-7,10-11H,8-9H2,1-3H3,(H,18,21)(H,19,22). The van der Waals surface area contributed by atoms with Crippen molar-refractivity contribution in [1.29, 1.82) is 0 Å². The van der Waals surface area contributed by atoms with Crippen LogP contribution in [-0.2, 0) is 14.3 Å². The van der Waals surface area contributed by atoms with Gasteiger partial charge in [-0.2, -0.15) is 0 Å². The van der Waals surface area contributed by atoms with Gasteiger partial charge in [0, 0.05) is 16.6 Å². The Kier molecular flexibility index (Phi) is 7.74. The fourth-order valence-electron chi connectivity index (χ4n) is 1.60. The third kappa shape index (κ3) is 7.27. The number of amides is 2. The molecule has 1 atom stereocenters. The lowest BCUT2D eigenvalue weighted by atomic mass is 10.2. The van der Waals surface area contributed by atoms with E-state index < -0.39 is 12.1 Å². The van der Waals surface area contributed by atoms with Crippen LogP contribution in [0.2, 0.25) is 0 Å². The average Bonchev–Trinajstić information content (AvgIpc) is 2.50. The molecule has 1 aromatic rings. The highest BCUT2D eigenvalue weighted by Gasteiger charge is 2.18. The van der Waals surface area contributed by atoms with E-state index in [1.54, 1.807) is 24.3 Å². The molecule has 0 aliphatic heterocycles. The maximum atomic E-state index is 11.8. The summed E-state index contributed by atoms with van der Waals surface area (Å²) in [5, 5.41) is 5.13. The van der Waals surface area contributed by atoms with Crippen molar-refractivity contribution in [3.63, 3.8) is 0 Å². The topological polar surface area (TPSA) is 84.5 Å². The maximum Gasteiger partial charge on any atom is 0.326 e. The normalized spacial score (nSPS) is 11.7. The van der Waals surface area contributed by atoms with Crippen LogP contribution in [0.5, 0.6) is 0 Å². The fourth-order valence-corrected chi connectivity index (χ4v) is 1.86. The number of rotatable bonds is 7. The summed E-state index contributed by atoms with van der Waals surface area (Å²) < 4.78 is 5.83. The monoisotopic (exact) mass is 384 g/mol. The van der Waals surface area contributed by atoms with Crippen molar-refractivity contribution in [2.75, 3.05) is 13.1 Å². The SMILES string of the molecule is CC(C)CNC(=O)C(C)OC(=O)CNC(=O)c1ccc(Br)cc1. The number of nitrogens with one attached hydrogen (secondary N) is 2. The molecule has 23 heavy (non-hydrogen) atoms. The van der Waals surface area contributed by atoms with E-state index in [1.165, 1.54) is 6.92 Å². The van der Waals surface area contributed by atoms with Crippen molar-refractivity contribution < 1.29 is 19.1 Å². The fraction of sp³-hybridized carbons (Fsp3) is 0.438. The summed E-state index contributed by atoms with van der Waals surface area (Å²) in [6, 6.07) is 6.72. The highest BCUT2D eigenvalue weighted by molar-refractivity contribution is 9.10. The molecule has 2 amide bonds. The van der Waals surface area contributed by atoms with E-state index in [0.717, 1.165) is 4.47 Å². The number of hydrogen-bond acceptors (Lipinski definition) is 4. The number of ether oxygens (including phenoxy) is 1. The summed E-state index contributed by atoms with van der Waals surface area (Å²) in [7, 11) is 0. The molecular formula is C16H21BrN2O4. The van der Waals surface area contributed by atoms with Gasteiger partial charge in [-0.15, -0.1) is 0 Å². The molecule has 0 spiro atoms. The van der Waals surface area contributed by atoms with Gasteiger partial charge in [0.25, 0.3) is 11.8 Å². The van der Waals surface area contributed by atoms with Crippen LogP contribution in [0, 0.1) is 5.92 Å². The number of benzene rings is 1. The molecule has 6 nitrogen and oxygen atoms in total. The molecule has 0 bridgehead atoms. The van der Waals surface area contributed by atoms with Gasteiger partial charge < -0.3 is 15.4 Å². The zero-order valence-electron chi connectivity index (χ0n) is 13.4. The molecule has 0 radical (unpaired) electrons. The van der Waals surface area contributed by atoms with E-state index in [2.05, 4.69) is 26.6 Å². The van der Waals surface area contributed by atoms with Crippen LogP contribution in [0.1, 0.15) is 31.1 Å². The molecule has 0 aliphatic rings. The van der Waals surface area contributed by atoms with Crippen molar-refractivity contribution in [1.82, 2.24) is 10.6 Å². The highest BCUT2D eigenvalue weighted by atomic mass is 79.9. The van der Waals surface area contributed by atoms with E-state index >= 15 is 0 Å². The number of carbonyl (C=O) groups excluding carboxylic acids is 3. The first-order valence-corrected chi connectivity index (χ1v) is 8.10. The van der Waals surface area contributed by atoms with Gasteiger partial charge in [-0.25, -0.2) is 0 Å². The Morgan fingerprint density at radius 3 is 2.26 bits per heavy atom. The molecular weight excluding hydrogens is 364 g/mol. The lowest BCUT2D eigenvalue weighted by Gasteiger charge is -2.14. The lowest BCUT2D eigenvalue weighted by Crippen LogP contribution is -2.39. The molecule has 0 saturated heterocycles. The molecule has 2 N–H and O–H groups in total. The Bertz CT molecular complexity index is 558. The molecule has 7 heteroatoms. The Morgan fingerprint density at radius 2 is 1.70 bits per heavy atom. The summed E-state index contributed by atoms with van der Waals surface area (Å²) in [6.45, 7) is 5.64. The van der Waals surface area contributed by atoms with Crippen molar-refractivity contribution >= 4 is 33.7 Å². The van der Waals surface area contributed by atoms with Gasteiger partial charge >= 0.3 is 5.97 Å². The number of carbonyl (C=O) groups is 3. The van der Waals surface area contributed by atoms with E-state index in [0.29, 0.717) is 18.0 Å². The van der Waals surface area contributed by atoms with E-state index in [9.17, 15) is 14.4 Å². The van der Waals surface area contributed by atoms with Gasteiger partial charge in [0.1, 0.15) is 6.54 Å². The minimum Gasteiger partial charge on any atom is -0.451 e. The first-order chi connectivity index (χ1) is 10.8. The molecule has 1 aromatic carbocycles. The minimum absolute atomic E-state index is 0.295. The summed E-state index contributed by atoms with van der Waals surface area (Å²) in [5.74, 6) is -1.09. The van der Waals surface area contributed by atoms with Crippen LogP contribution in [0.25, 0.3) is 0 Å². The quantitative estimate of drug-likeness (QED) is 0.702. The smallest absolute Gasteiger partial charge is 0.326 e. The number of halogens is 1. The zero-order valence-corrected chi connectivity index (χ0v) is 15.0. The second-order valence-electron chi connectivity index (χ2n) is 5.46. The number of hydrogen-bond donors (Lipinski definition) is 2. The molecule has 1 unspecified atom stereocenters. The third-order valence-corrected chi connectivity index (χ3v) is 3.39. The second kappa shape index (κ2) is 9.29. The van der Waals surface area contributed by atoms with Crippen molar-refractivity contribution in [3.8, 4) is 0 Å². The van der Waals surface area contributed by atoms with Crippen molar-refractivity contribution in [3.05, 3.63) is 34.3 Å². The molecule has 126 valence electrons. The van der Waals surface area contributed by atoms with Gasteiger partial charge in [-0.05, 0) is 37.1 Å². The Balaban J connectivity index is 2.37. The molecule has 0 fully saturated rings. The van der Waals surface area contributed by atoms with Crippen LogP contribution in [0.3, 0.4) is 0 Å². The van der Waals surface area contributed by atoms with Crippen molar-refractivity contribution in [2.24, 2.45) is 5.92 Å². The van der Waals surface area contributed by atoms with Crippen LogP contribution in [-0.4, -0.2) is 37.0 Å². The van der Waals surface area contributed by atoms with Gasteiger partial charge in [-0.1, -0.05) is 29.8 Å². The maximum absolute atomic E-state index is 11.8. The van der Waals surface area contributed by atoms with Crippen LogP contribution >= 0.6 is 15.9 Å². The van der Waals surface area contributed by atoms with Crippen LogP contribution in [0.15, 0.2) is 28.7 Å². The molecule has 1 rings (SSSR count). The summed E-state index contributed by atoms with van der Waals surface area (Å²) in [5.41, 5.74) is 0.434. The minimum atomic E-state index is -0.897. The van der Waals surface area contributed by atoms with Gasteiger partial charge in [0.15, 0.2) is 6.10 Å². The Labute approximate surface area is 144 Å². The second-order valence-corrected chi connectivity index (χ2v) is 6.38. The van der Waals surface area contributed by atoms with E-state index in [4.69, 9.17) is 4.74 Å². The van der Waals surface area contributed by atoms with E-state index in [-0.39, 0.29) is 18.4 Å². The highest BCUT2D eigenvalue weighted by Crippen LogP contribution is 2.10. The summed E-state index contributed by atoms with van der Waals surface area (Å²) in [4.78, 5) is 35.2. The lowest BCUT2D eigenvalue weighted by molar-refractivity contribution is -0.153. The summed E-state index contributed by atoms with van der Waals surface area (Å²) >= 11 is 3.28. The van der Waals surface area contributed by atoms with Crippen molar-refractivity contribution in [2.45, 2.75) is 26.9 Å². The third-order valence-electron chi connectivity index (χ3n) is 2.86. The first-order valence-electron chi connectivity index (χ1n) is 7.30. The molecule has 0 saturated carbocycles. The van der Waals surface area contributed by atoms with Crippen LogP contribution in [0.4, 0.5) is 0 Å². The van der Waals surface area contributed by atoms with Gasteiger partial charge in [0.05, 0.1) is 0 Å². The molecule has 0 aliphatic carbocycles. The molecule has 0 heterocycles. The van der Waals surface area contributed by atoms with Crippen LogP contribution < -0.4 is 10.6 Å². The zero-order chi connectivity index (χ0) is 17.4. The van der Waals surface area contributed by atoms with Gasteiger partial charge in [-0.3, -0.25) is 14.4 Å². The summed E-state index contributed by atoms with van der Waals surface area (Å²) in [6.07, 6.45) is -0.897. The predicted octanol–water partition coefficient (Wildman–Crippen LogP) is 1.88. The Morgan fingerprint density at radius 1 is 1.09 bits per heavy atom. The Hall–Kier alpha value is -1.89. The molecule has 0 aromatic heterocycles.